The molecule has 3 saturated carbocycles. The van der Waals surface area contributed by atoms with Gasteiger partial charge in [0.2, 0.25) is 5.70 Å². The van der Waals surface area contributed by atoms with E-state index in [0.717, 1.165) is 50.5 Å². The molecule has 5 aliphatic rings. The van der Waals surface area contributed by atoms with Gasteiger partial charge in [0.15, 0.2) is 17.3 Å². The second-order valence-corrected chi connectivity index (χ2v) is 15.2. The molecule has 7 atom stereocenters. The quantitative estimate of drug-likeness (QED) is 0.386. The van der Waals surface area contributed by atoms with E-state index in [4.69, 9.17) is 11.3 Å². The van der Waals surface area contributed by atoms with E-state index in [2.05, 4.69) is 39.5 Å². The standard InChI is InChI=1S/C33H45NO4/c1-28(2)12-14-33(25(36)19-38-9)15-13-32(7)26(20(33)17-28)22(35)16-24-30(5)18-21(34-8)27(37)29(3,4)23(30)10-11-31(24,32)6/h16,18,20,23,26H,10-15,17,19H2,1-7,9H3/t20-,23-,26-,30-,31+,32+,33-/m0/s1. The molecule has 5 nitrogen and oxygen atoms in total. The zero-order valence-corrected chi connectivity index (χ0v) is 24.6. The van der Waals surface area contributed by atoms with Crippen LogP contribution in [-0.4, -0.2) is 31.1 Å². The Morgan fingerprint density at radius 1 is 1.03 bits per heavy atom. The summed E-state index contributed by atoms with van der Waals surface area (Å²) < 4.78 is 5.36. The number of hydrogen-bond acceptors (Lipinski definition) is 4. The molecule has 0 aliphatic heterocycles. The largest absolute Gasteiger partial charge is 0.377 e. The SMILES string of the molecule is [C-]#[N+]C1=C[C@]2(C)C3=CC(=O)[C@@H]4[C@@H]5CC(C)(C)CC[C@]5(C(=O)COC)CC[C@@]4(C)[C@]3(C)CC[C@H]2C(C)(C)C1=O. The Hall–Kier alpha value is -2.06. The predicted molar refractivity (Wildman–Crippen MR) is 147 cm³/mol. The summed E-state index contributed by atoms with van der Waals surface area (Å²) in [6.07, 6.45) is 9.92. The van der Waals surface area contributed by atoms with Crippen LogP contribution in [0.5, 0.6) is 0 Å². The average molecular weight is 520 g/mol. The van der Waals surface area contributed by atoms with Crippen LogP contribution in [0.1, 0.15) is 93.4 Å². The zero-order valence-electron chi connectivity index (χ0n) is 24.6. The molecule has 5 heteroatoms. The molecule has 0 spiro atoms. The summed E-state index contributed by atoms with van der Waals surface area (Å²) in [6, 6.07) is 0. The molecule has 38 heavy (non-hydrogen) atoms. The molecular weight excluding hydrogens is 474 g/mol. The summed E-state index contributed by atoms with van der Waals surface area (Å²) in [7, 11) is 1.59. The van der Waals surface area contributed by atoms with Crippen molar-refractivity contribution in [2.75, 3.05) is 13.7 Å². The van der Waals surface area contributed by atoms with Crippen LogP contribution in [0.2, 0.25) is 0 Å². The van der Waals surface area contributed by atoms with Gasteiger partial charge in [-0.2, -0.15) is 0 Å². The van der Waals surface area contributed by atoms with E-state index in [0.29, 0.717) is 0 Å². The Labute approximate surface area is 228 Å². The number of allylic oxidation sites excluding steroid dienone is 4. The first-order chi connectivity index (χ1) is 17.5. The first-order valence-electron chi connectivity index (χ1n) is 14.5. The van der Waals surface area contributed by atoms with Crippen LogP contribution >= 0.6 is 0 Å². The number of fused-ring (bicyclic) bond motifs is 7. The maximum Gasteiger partial charge on any atom is 0.226 e. The highest BCUT2D eigenvalue weighted by atomic mass is 16.5. The van der Waals surface area contributed by atoms with E-state index in [1.807, 2.05) is 26.0 Å². The summed E-state index contributed by atoms with van der Waals surface area (Å²) >= 11 is 0. The number of nitrogens with zero attached hydrogens (tertiary/aromatic N) is 1. The van der Waals surface area contributed by atoms with Crippen LogP contribution in [0.25, 0.3) is 4.85 Å². The highest BCUT2D eigenvalue weighted by Crippen LogP contribution is 2.74. The third-order valence-corrected chi connectivity index (χ3v) is 12.7. The average Bonchev–Trinajstić information content (AvgIpc) is 2.82. The fourth-order valence-electron chi connectivity index (χ4n) is 10.4. The van der Waals surface area contributed by atoms with Gasteiger partial charge < -0.3 is 9.53 Å². The lowest BCUT2D eigenvalue weighted by atomic mass is 9.34. The highest BCUT2D eigenvalue weighted by molar-refractivity contribution is 6.03. The van der Waals surface area contributed by atoms with E-state index in [1.165, 1.54) is 0 Å². The molecule has 0 heterocycles. The van der Waals surface area contributed by atoms with Crippen LogP contribution in [0, 0.1) is 56.8 Å². The summed E-state index contributed by atoms with van der Waals surface area (Å²) in [5.74, 6) is 0.0651. The van der Waals surface area contributed by atoms with Gasteiger partial charge in [-0.25, -0.2) is 4.85 Å². The topological polar surface area (TPSA) is 64.8 Å². The Balaban J connectivity index is 1.69. The first kappa shape index (κ1) is 27.5. The minimum absolute atomic E-state index is 0.000904. The number of carbonyl (C=O) groups excluding carboxylic acids is 3. The van der Waals surface area contributed by atoms with Crippen molar-refractivity contribution in [3.8, 4) is 0 Å². The maximum absolute atomic E-state index is 14.4. The van der Waals surface area contributed by atoms with Crippen LogP contribution in [0.15, 0.2) is 23.4 Å². The number of methoxy groups -OCH3 is 1. The van der Waals surface area contributed by atoms with Crippen molar-refractivity contribution in [1.29, 1.82) is 0 Å². The lowest BCUT2D eigenvalue weighted by molar-refractivity contribution is -0.179. The number of ketones is 3. The molecule has 0 bridgehead atoms. The zero-order chi connectivity index (χ0) is 28.1. The smallest absolute Gasteiger partial charge is 0.226 e. The summed E-state index contributed by atoms with van der Waals surface area (Å²) in [5.41, 5.74) is -0.837. The van der Waals surface area contributed by atoms with Crippen LogP contribution in [0.3, 0.4) is 0 Å². The van der Waals surface area contributed by atoms with Gasteiger partial charge in [-0.3, -0.25) is 9.59 Å². The van der Waals surface area contributed by atoms with E-state index < -0.39 is 16.2 Å². The lowest BCUT2D eigenvalue weighted by Gasteiger charge is -2.69. The molecule has 206 valence electrons. The molecule has 5 rings (SSSR count). The number of hydrogen-bond donors (Lipinski definition) is 0. The first-order valence-corrected chi connectivity index (χ1v) is 14.5. The molecule has 0 amide bonds. The summed E-state index contributed by atoms with van der Waals surface area (Å²) in [6.45, 7) is 23.2. The fourth-order valence-corrected chi connectivity index (χ4v) is 10.4. The van der Waals surface area contributed by atoms with Gasteiger partial charge in [-0.1, -0.05) is 60.1 Å². The fraction of sp³-hybridized carbons (Fsp3) is 0.758. The van der Waals surface area contributed by atoms with Crippen LogP contribution in [0.4, 0.5) is 0 Å². The molecule has 0 saturated heterocycles. The van der Waals surface area contributed by atoms with Gasteiger partial charge in [0, 0.05) is 29.3 Å². The molecule has 3 fully saturated rings. The minimum Gasteiger partial charge on any atom is -0.377 e. The summed E-state index contributed by atoms with van der Waals surface area (Å²) in [5, 5.41) is 0. The second kappa shape index (κ2) is 8.23. The van der Waals surface area contributed by atoms with Crippen molar-refractivity contribution in [2.45, 2.75) is 93.4 Å². The van der Waals surface area contributed by atoms with Gasteiger partial charge in [0.25, 0.3) is 0 Å². The van der Waals surface area contributed by atoms with Crippen molar-refractivity contribution in [3.63, 3.8) is 0 Å². The highest BCUT2D eigenvalue weighted by Gasteiger charge is 2.70. The van der Waals surface area contributed by atoms with E-state index in [9.17, 15) is 14.4 Å². The second-order valence-electron chi connectivity index (χ2n) is 15.2. The Morgan fingerprint density at radius 3 is 2.32 bits per heavy atom. The predicted octanol–water partition coefficient (Wildman–Crippen LogP) is 6.77. The molecular formula is C33H45NO4. The van der Waals surface area contributed by atoms with E-state index in [1.54, 1.807) is 7.11 Å². The third-order valence-electron chi connectivity index (χ3n) is 12.7. The molecule has 0 unspecified atom stereocenters. The van der Waals surface area contributed by atoms with Crippen molar-refractivity contribution in [3.05, 3.63) is 34.8 Å². The molecule has 0 N–H and O–H groups in total. The Kier molecular flexibility index (Phi) is 5.96. The molecule has 0 radical (unpaired) electrons. The lowest BCUT2D eigenvalue weighted by Crippen LogP contribution is -2.66. The molecule has 0 aromatic carbocycles. The molecule has 0 aromatic rings. The number of ether oxygens (including phenoxy) is 1. The summed E-state index contributed by atoms with van der Waals surface area (Å²) in [4.78, 5) is 45.0. The van der Waals surface area contributed by atoms with E-state index >= 15 is 0 Å². The van der Waals surface area contributed by atoms with Crippen molar-refractivity contribution >= 4 is 17.3 Å². The van der Waals surface area contributed by atoms with Gasteiger partial charge in [-0.15, -0.1) is 0 Å². The Bertz CT molecular complexity index is 1220. The number of rotatable bonds is 3. The third kappa shape index (κ3) is 3.28. The van der Waals surface area contributed by atoms with Gasteiger partial charge >= 0.3 is 0 Å². The number of carbonyl (C=O) groups is 3. The Morgan fingerprint density at radius 2 is 1.68 bits per heavy atom. The minimum atomic E-state index is -0.659. The monoisotopic (exact) mass is 519 g/mol. The van der Waals surface area contributed by atoms with Crippen LogP contribution < -0.4 is 0 Å². The van der Waals surface area contributed by atoms with Gasteiger partial charge in [0.05, 0.1) is 6.57 Å². The number of Topliss-reactive ketones (excluding diaryl/α,β-unsaturated/α-hetero) is 2. The van der Waals surface area contributed by atoms with Crippen molar-refractivity contribution in [2.24, 2.45) is 50.2 Å². The van der Waals surface area contributed by atoms with E-state index in [-0.39, 0.29) is 63.7 Å². The van der Waals surface area contributed by atoms with Crippen molar-refractivity contribution in [1.82, 2.24) is 0 Å². The van der Waals surface area contributed by atoms with Gasteiger partial charge in [-0.05, 0) is 79.1 Å². The molecule has 5 aliphatic carbocycles. The van der Waals surface area contributed by atoms with Gasteiger partial charge in [0.1, 0.15) is 6.61 Å². The molecule has 0 aromatic heterocycles. The van der Waals surface area contributed by atoms with Crippen LogP contribution in [-0.2, 0) is 19.1 Å². The normalized spacial score (nSPS) is 44.9. The maximum atomic E-state index is 14.4. The van der Waals surface area contributed by atoms with Crippen molar-refractivity contribution < 1.29 is 19.1 Å².